The van der Waals surface area contributed by atoms with Gasteiger partial charge in [-0.25, -0.2) is 0 Å². The lowest BCUT2D eigenvalue weighted by Gasteiger charge is -2.36. The highest BCUT2D eigenvalue weighted by Crippen LogP contribution is 2.36. The van der Waals surface area contributed by atoms with Gasteiger partial charge >= 0.3 is 6.18 Å². The first-order valence-corrected chi connectivity index (χ1v) is 11.3. The van der Waals surface area contributed by atoms with Crippen molar-refractivity contribution in [3.8, 4) is 11.3 Å². The summed E-state index contributed by atoms with van der Waals surface area (Å²) < 4.78 is 44.9. The zero-order chi connectivity index (χ0) is 23.3. The average molecular weight is 479 g/mol. The van der Waals surface area contributed by atoms with Crippen molar-refractivity contribution < 1.29 is 17.7 Å². The average Bonchev–Trinajstić information content (AvgIpc) is 3.28. The Bertz CT molecular complexity index is 1050. The van der Waals surface area contributed by atoms with E-state index in [9.17, 15) is 13.2 Å². The first-order valence-electron chi connectivity index (χ1n) is 11.0. The third-order valence-electron chi connectivity index (χ3n) is 5.74. The quantitative estimate of drug-likeness (QED) is 0.444. The van der Waals surface area contributed by atoms with Gasteiger partial charge in [0.25, 0.3) is 0 Å². The lowest BCUT2D eigenvalue weighted by molar-refractivity contribution is -0.137. The predicted octanol–water partition coefficient (Wildman–Crippen LogP) is 5.32. The zero-order valence-corrected chi connectivity index (χ0v) is 18.9. The van der Waals surface area contributed by atoms with Crippen LogP contribution in [0, 0.1) is 0 Å². The van der Waals surface area contributed by atoms with Crippen LogP contribution >= 0.6 is 11.6 Å². The van der Waals surface area contributed by atoms with E-state index in [1.165, 1.54) is 12.1 Å². The van der Waals surface area contributed by atoms with E-state index in [4.69, 9.17) is 16.1 Å². The fourth-order valence-electron chi connectivity index (χ4n) is 4.02. The molecule has 0 unspecified atom stereocenters. The second-order valence-electron chi connectivity index (χ2n) is 8.06. The SMILES string of the molecule is FC(F)(F)c1ccccc1-c1cc(CNCCCN2CCN(c3cccc(Cl)c3)CC2)on1. The van der Waals surface area contributed by atoms with Crippen molar-refractivity contribution in [1.29, 1.82) is 0 Å². The molecule has 1 aliphatic heterocycles. The lowest BCUT2D eigenvalue weighted by Crippen LogP contribution is -2.47. The molecular weight excluding hydrogens is 453 g/mol. The standard InChI is InChI=1S/C24H26ClF3N4O/c25-18-5-3-6-19(15-18)32-13-11-31(12-14-32)10-4-9-29-17-20-16-23(30-33-20)21-7-1-2-8-22(21)24(26,27)28/h1-3,5-8,15-16,29H,4,9-14,17H2. The highest BCUT2D eigenvalue weighted by atomic mass is 35.5. The number of hydrogen-bond donors (Lipinski definition) is 1. The summed E-state index contributed by atoms with van der Waals surface area (Å²) in [4.78, 5) is 4.78. The van der Waals surface area contributed by atoms with Crippen molar-refractivity contribution in [3.63, 3.8) is 0 Å². The molecule has 2 aromatic carbocycles. The normalized spacial score (nSPS) is 15.2. The number of aromatic nitrogens is 1. The van der Waals surface area contributed by atoms with Crippen LogP contribution in [0.1, 0.15) is 17.7 Å². The van der Waals surface area contributed by atoms with Crippen LogP contribution in [0.3, 0.4) is 0 Å². The topological polar surface area (TPSA) is 44.5 Å². The van der Waals surface area contributed by atoms with E-state index in [1.807, 2.05) is 18.2 Å². The minimum absolute atomic E-state index is 0.0249. The molecule has 1 aromatic heterocycles. The molecule has 0 radical (unpaired) electrons. The van der Waals surface area contributed by atoms with E-state index >= 15 is 0 Å². The van der Waals surface area contributed by atoms with E-state index in [0.29, 0.717) is 12.3 Å². The first kappa shape index (κ1) is 23.6. The number of nitrogens with one attached hydrogen (secondary N) is 1. The summed E-state index contributed by atoms with van der Waals surface area (Å²) in [5.41, 5.74) is 0.663. The van der Waals surface area contributed by atoms with Crippen LogP contribution in [0.5, 0.6) is 0 Å². The monoisotopic (exact) mass is 478 g/mol. The molecule has 0 spiro atoms. The van der Waals surface area contributed by atoms with Crippen molar-refractivity contribution >= 4 is 17.3 Å². The molecule has 5 nitrogen and oxygen atoms in total. The summed E-state index contributed by atoms with van der Waals surface area (Å²) in [6, 6.07) is 14.9. The molecule has 2 heterocycles. The van der Waals surface area contributed by atoms with Gasteiger partial charge in [-0.05, 0) is 43.8 Å². The van der Waals surface area contributed by atoms with Gasteiger partial charge in [0.1, 0.15) is 5.69 Å². The smallest absolute Gasteiger partial charge is 0.369 e. The molecule has 1 N–H and O–H groups in total. The van der Waals surface area contributed by atoms with E-state index in [-0.39, 0.29) is 11.3 Å². The highest BCUT2D eigenvalue weighted by Gasteiger charge is 2.34. The zero-order valence-electron chi connectivity index (χ0n) is 18.1. The maximum absolute atomic E-state index is 13.2. The highest BCUT2D eigenvalue weighted by molar-refractivity contribution is 6.30. The molecule has 0 amide bonds. The molecule has 33 heavy (non-hydrogen) atoms. The summed E-state index contributed by atoms with van der Waals surface area (Å²) >= 11 is 6.09. The Balaban J connectivity index is 1.18. The van der Waals surface area contributed by atoms with E-state index in [2.05, 4.69) is 26.3 Å². The van der Waals surface area contributed by atoms with Crippen molar-refractivity contribution in [1.82, 2.24) is 15.4 Å². The number of hydrogen-bond acceptors (Lipinski definition) is 5. The molecule has 0 saturated carbocycles. The Kier molecular flexibility index (Phi) is 7.57. The van der Waals surface area contributed by atoms with Crippen LogP contribution in [-0.4, -0.2) is 49.3 Å². The summed E-state index contributed by atoms with van der Waals surface area (Å²) in [6.45, 7) is 6.11. The summed E-state index contributed by atoms with van der Waals surface area (Å²) in [5, 5.41) is 7.87. The van der Waals surface area contributed by atoms with Crippen molar-refractivity contribution in [3.05, 3.63) is 70.9 Å². The van der Waals surface area contributed by atoms with Gasteiger partial charge in [-0.15, -0.1) is 0 Å². The van der Waals surface area contributed by atoms with E-state index in [1.54, 1.807) is 12.1 Å². The largest absolute Gasteiger partial charge is 0.417 e. The predicted molar refractivity (Wildman–Crippen MR) is 123 cm³/mol. The number of piperazine rings is 1. The molecule has 1 fully saturated rings. The minimum atomic E-state index is -4.44. The van der Waals surface area contributed by atoms with Crippen molar-refractivity contribution in [2.45, 2.75) is 19.1 Å². The van der Waals surface area contributed by atoms with Crippen LogP contribution in [0.25, 0.3) is 11.3 Å². The lowest BCUT2D eigenvalue weighted by atomic mass is 10.0. The van der Waals surface area contributed by atoms with Crippen LogP contribution in [0.2, 0.25) is 5.02 Å². The maximum Gasteiger partial charge on any atom is 0.417 e. The molecule has 0 bridgehead atoms. The molecule has 1 aliphatic rings. The van der Waals surface area contributed by atoms with Gasteiger partial charge in [0.2, 0.25) is 0 Å². The molecule has 9 heteroatoms. The summed E-state index contributed by atoms with van der Waals surface area (Å²) in [7, 11) is 0. The van der Waals surface area contributed by atoms with Crippen molar-refractivity contribution in [2.75, 3.05) is 44.2 Å². The third kappa shape index (κ3) is 6.28. The Labute approximate surface area is 196 Å². The first-order chi connectivity index (χ1) is 15.9. The van der Waals surface area contributed by atoms with E-state index in [0.717, 1.165) is 62.5 Å². The Hall–Kier alpha value is -2.55. The van der Waals surface area contributed by atoms with Gasteiger partial charge in [-0.2, -0.15) is 13.2 Å². The molecule has 0 aliphatic carbocycles. The number of nitrogens with zero attached hydrogens (tertiary/aromatic N) is 3. The summed E-state index contributed by atoms with van der Waals surface area (Å²) in [5.74, 6) is 0.511. The van der Waals surface area contributed by atoms with Crippen LogP contribution < -0.4 is 10.2 Å². The van der Waals surface area contributed by atoms with Crippen LogP contribution in [0.4, 0.5) is 18.9 Å². The fourth-order valence-corrected chi connectivity index (χ4v) is 4.20. The van der Waals surface area contributed by atoms with Gasteiger partial charge in [-0.1, -0.05) is 41.0 Å². The van der Waals surface area contributed by atoms with E-state index < -0.39 is 11.7 Å². The Morgan fingerprint density at radius 3 is 2.55 bits per heavy atom. The number of anilines is 1. The van der Waals surface area contributed by atoms with Gasteiger partial charge in [0.15, 0.2) is 5.76 Å². The van der Waals surface area contributed by atoms with Gasteiger partial charge in [0.05, 0.1) is 12.1 Å². The Morgan fingerprint density at radius 2 is 1.79 bits per heavy atom. The van der Waals surface area contributed by atoms with Crippen molar-refractivity contribution in [2.24, 2.45) is 0 Å². The molecular formula is C24H26ClF3N4O. The van der Waals surface area contributed by atoms with Gasteiger partial charge in [-0.3, -0.25) is 4.90 Å². The molecule has 4 rings (SSSR count). The number of rotatable bonds is 8. The van der Waals surface area contributed by atoms with Gasteiger partial charge in [0, 0.05) is 48.5 Å². The van der Waals surface area contributed by atoms with Gasteiger partial charge < -0.3 is 14.7 Å². The number of alkyl halides is 3. The minimum Gasteiger partial charge on any atom is -0.369 e. The number of halogens is 4. The number of benzene rings is 2. The van der Waals surface area contributed by atoms with Crippen LogP contribution in [0.15, 0.2) is 59.1 Å². The second kappa shape index (κ2) is 10.6. The maximum atomic E-state index is 13.2. The second-order valence-corrected chi connectivity index (χ2v) is 8.50. The molecule has 176 valence electrons. The molecule has 1 saturated heterocycles. The Morgan fingerprint density at radius 1 is 1.00 bits per heavy atom. The summed E-state index contributed by atoms with van der Waals surface area (Å²) in [6.07, 6.45) is -3.47. The molecule has 0 atom stereocenters. The fraction of sp³-hybridized carbons (Fsp3) is 0.375. The molecule has 3 aromatic rings. The van der Waals surface area contributed by atoms with Crippen LogP contribution in [-0.2, 0) is 12.7 Å². The third-order valence-corrected chi connectivity index (χ3v) is 5.98.